The molecule has 0 atom stereocenters. The van der Waals surface area contributed by atoms with Gasteiger partial charge in [0.15, 0.2) is 5.16 Å². The molecule has 3 aromatic rings. The van der Waals surface area contributed by atoms with Crippen LogP contribution in [0.1, 0.15) is 6.42 Å². The number of benzene rings is 1. The summed E-state index contributed by atoms with van der Waals surface area (Å²) >= 11 is 1.72. The fourth-order valence-electron chi connectivity index (χ4n) is 2.23. The number of aromatic amines is 1. The van der Waals surface area contributed by atoms with Crippen molar-refractivity contribution in [3.05, 3.63) is 30.5 Å². The molecule has 104 valence electrons. The van der Waals surface area contributed by atoms with Crippen LogP contribution in [0, 0.1) is 0 Å². The predicted molar refractivity (Wildman–Crippen MR) is 85.3 cm³/mol. The lowest BCUT2D eigenvalue weighted by Crippen LogP contribution is -2.13. The quantitative estimate of drug-likeness (QED) is 0.444. The monoisotopic (exact) mass is 286 g/mol. The van der Waals surface area contributed by atoms with Gasteiger partial charge < -0.3 is 9.88 Å². The Bertz CT molecular complexity index is 720. The van der Waals surface area contributed by atoms with Crippen LogP contribution in [0.2, 0.25) is 0 Å². The first-order chi connectivity index (χ1) is 9.74. The van der Waals surface area contributed by atoms with Crippen LogP contribution in [0.15, 0.2) is 35.6 Å². The molecule has 1 N–H and O–H groups in total. The molecule has 0 spiro atoms. The molecule has 0 radical (unpaired) electrons. The highest BCUT2D eigenvalue weighted by atomic mass is 32.2. The molecule has 0 unspecified atom stereocenters. The standard InChI is InChI=1S/C15H18N4S/c1-19(2)8-5-9-20-15-16-10-12-11-6-3-4-7-13(11)17-14(12)18-15/h3-4,6-7,10H,5,8-9H2,1-2H3,(H,16,17,18). The number of aromatic nitrogens is 3. The number of thioether (sulfide) groups is 1. The molecule has 0 amide bonds. The van der Waals surface area contributed by atoms with Crippen LogP contribution < -0.4 is 0 Å². The first kappa shape index (κ1) is 13.4. The number of hydrogen-bond acceptors (Lipinski definition) is 4. The van der Waals surface area contributed by atoms with Crippen LogP contribution in [0.4, 0.5) is 0 Å². The van der Waals surface area contributed by atoms with Gasteiger partial charge in [-0.2, -0.15) is 0 Å². The van der Waals surface area contributed by atoms with Crippen molar-refractivity contribution < 1.29 is 0 Å². The Morgan fingerprint density at radius 3 is 2.90 bits per heavy atom. The third-order valence-electron chi connectivity index (χ3n) is 3.22. The number of para-hydroxylation sites is 1. The van der Waals surface area contributed by atoms with Crippen LogP contribution in [-0.4, -0.2) is 46.2 Å². The third-order valence-corrected chi connectivity index (χ3v) is 4.17. The van der Waals surface area contributed by atoms with E-state index in [1.54, 1.807) is 11.8 Å². The van der Waals surface area contributed by atoms with E-state index in [2.05, 4.69) is 46.1 Å². The molecule has 3 rings (SSSR count). The van der Waals surface area contributed by atoms with Gasteiger partial charge in [-0.05, 0) is 33.1 Å². The molecule has 1 aromatic carbocycles. The predicted octanol–water partition coefficient (Wildman–Crippen LogP) is 3.15. The van der Waals surface area contributed by atoms with E-state index in [-0.39, 0.29) is 0 Å². The molecule has 0 aliphatic heterocycles. The van der Waals surface area contributed by atoms with E-state index in [1.807, 2.05) is 18.3 Å². The molecular weight excluding hydrogens is 268 g/mol. The number of nitrogens with zero attached hydrogens (tertiary/aromatic N) is 3. The molecule has 0 bridgehead atoms. The minimum absolute atomic E-state index is 0.850. The topological polar surface area (TPSA) is 44.8 Å². The molecule has 0 saturated heterocycles. The molecule has 0 aliphatic rings. The summed E-state index contributed by atoms with van der Waals surface area (Å²) < 4.78 is 0. The van der Waals surface area contributed by atoms with Gasteiger partial charge in [-0.3, -0.25) is 0 Å². The van der Waals surface area contributed by atoms with Crippen molar-refractivity contribution in [2.45, 2.75) is 11.6 Å². The van der Waals surface area contributed by atoms with Gasteiger partial charge in [0.1, 0.15) is 5.65 Å². The van der Waals surface area contributed by atoms with Gasteiger partial charge in [0.2, 0.25) is 0 Å². The number of H-pyrrole nitrogens is 1. The van der Waals surface area contributed by atoms with E-state index in [1.165, 1.54) is 5.39 Å². The Kier molecular flexibility index (Phi) is 3.89. The lowest BCUT2D eigenvalue weighted by atomic mass is 10.2. The van der Waals surface area contributed by atoms with E-state index in [4.69, 9.17) is 0 Å². The van der Waals surface area contributed by atoms with Crippen molar-refractivity contribution in [1.82, 2.24) is 19.9 Å². The highest BCUT2D eigenvalue weighted by Crippen LogP contribution is 2.25. The summed E-state index contributed by atoms with van der Waals surface area (Å²) in [6.45, 7) is 1.10. The first-order valence-corrected chi connectivity index (χ1v) is 7.73. The van der Waals surface area contributed by atoms with Crippen LogP contribution in [0.5, 0.6) is 0 Å². The highest BCUT2D eigenvalue weighted by Gasteiger charge is 2.07. The Morgan fingerprint density at radius 1 is 1.20 bits per heavy atom. The summed E-state index contributed by atoms with van der Waals surface area (Å²) in [6.07, 6.45) is 3.07. The molecule has 0 saturated carbocycles. The zero-order valence-corrected chi connectivity index (χ0v) is 12.6. The highest BCUT2D eigenvalue weighted by molar-refractivity contribution is 7.99. The van der Waals surface area contributed by atoms with Crippen molar-refractivity contribution >= 4 is 33.7 Å². The number of fused-ring (bicyclic) bond motifs is 3. The summed E-state index contributed by atoms with van der Waals surface area (Å²) in [4.78, 5) is 14.6. The average Bonchev–Trinajstić information content (AvgIpc) is 2.81. The van der Waals surface area contributed by atoms with Crippen molar-refractivity contribution in [1.29, 1.82) is 0 Å². The van der Waals surface area contributed by atoms with Crippen LogP contribution in [0.25, 0.3) is 21.9 Å². The van der Waals surface area contributed by atoms with Gasteiger partial charge in [-0.15, -0.1) is 0 Å². The number of rotatable bonds is 5. The van der Waals surface area contributed by atoms with Crippen molar-refractivity contribution in [3.63, 3.8) is 0 Å². The zero-order valence-electron chi connectivity index (χ0n) is 11.8. The lowest BCUT2D eigenvalue weighted by Gasteiger charge is -2.07. The third kappa shape index (κ3) is 2.78. The van der Waals surface area contributed by atoms with E-state index in [9.17, 15) is 0 Å². The summed E-state index contributed by atoms with van der Waals surface area (Å²) in [5, 5.41) is 3.13. The fourth-order valence-corrected chi connectivity index (χ4v) is 2.97. The zero-order chi connectivity index (χ0) is 13.9. The van der Waals surface area contributed by atoms with Gasteiger partial charge in [0.25, 0.3) is 0 Å². The summed E-state index contributed by atoms with van der Waals surface area (Å²) in [6, 6.07) is 8.24. The second-order valence-electron chi connectivity index (χ2n) is 5.09. The molecule has 20 heavy (non-hydrogen) atoms. The molecular formula is C15H18N4S. The van der Waals surface area contributed by atoms with Gasteiger partial charge in [0, 0.05) is 28.2 Å². The number of nitrogens with one attached hydrogen (secondary N) is 1. The SMILES string of the molecule is CN(C)CCCSc1ncc2c(n1)[nH]c1ccccc12. The number of hydrogen-bond donors (Lipinski definition) is 1. The average molecular weight is 286 g/mol. The van der Waals surface area contributed by atoms with E-state index in [0.29, 0.717) is 0 Å². The van der Waals surface area contributed by atoms with Crippen molar-refractivity contribution in [3.8, 4) is 0 Å². The molecule has 2 aromatic heterocycles. The minimum Gasteiger partial charge on any atom is -0.339 e. The Morgan fingerprint density at radius 2 is 2.05 bits per heavy atom. The maximum absolute atomic E-state index is 4.61. The van der Waals surface area contributed by atoms with Crippen LogP contribution in [0.3, 0.4) is 0 Å². The normalized spacial score (nSPS) is 11.8. The summed E-state index contributed by atoms with van der Waals surface area (Å²) in [7, 11) is 4.19. The van der Waals surface area contributed by atoms with Crippen LogP contribution >= 0.6 is 11.8 Å². The maximum atomic E-state index is 4.61. The molecule has 0 aliphatic carbocycles. The van der Waals surface area contributed by atoms with Gasteiger partial charge in [-0.1, -0.05) is 30.0 Å². The second kappa shape index (κ2) is 5.81. The molecule has 5 heteroatoms. The van der Waals surface area contributed by atoms with E-state index >= 15 is 0 Å². The van der Waals surface area contributed by atoms with E-state index in [0.717, 1.165) is 40.4 Å². The van der Waals surface area contributed by atoms with Crippen molar-refractivity contribution in [2.24, 2.45) is 0 Å². The Labute approximate surface area is 122 Å². The largest absolute Gasteiger partial charge is 0.339 e. The first-order valence-electron chi connectivity index (χ1n) is 6.75. The summed E-state index contributed by atoms with van der Waals surface area (Å²) in [5.74, 6) is 1.05. The Hall–Kier alpha value is -1.59. The maximum Gasteiger partial charge on any atom is 0.189 e. The van der Waals surface area contributed by atoms with E-state index < -0.39 is 0 Å². The van der Waals surface area contributed by atoms with Crippen LogP contribution in [-0.2, 0) is 0 Å². The smallest absolute Gasteiger partial charge is 0.189 e. The molecule has 0 fully saturated rings. The van der Waals surface area contributed by atoms with Gasteiger partial charge >= 0.3 is 0 Å². The minimum atomic E-state index is 0.850. The second-order valence-corrected chi connectivity index (χ2v) is 6.15. The van der Waals surface area contributed by atoms with Crippen molar-refractivity contribution in [2.75, 3.05) is 26.4 Å². The Balaban J connectivity index is 1.78. The van der Waals surface area contributed by atoms with Gasteiger partial charge in [-0.25, -0.2) is 9.97 Å². The fraction of sp³-hybridized carbons (Fsp3) is 0.333. The molecule has 4 nitrogen and oxygen atoms in total. The summed E-state index contributed by atoms with van der Waals surface area (Å²) in [5.41, 5.74) is 2.04. The lowest BCUT2D eigenvalue weighted by molar-refractivity contribution is 0.410. The molecule has 2 heterocycles. The van der Waals surface area contributed by atoms with Gasteiger partial charge in [0.05, 0.1) is 0 Å².